The van der Waals surface area contributed by atoms with Gasteiger partial charge in [-0.3, -0.25) is 0 Å². The van der Waals surface area contributed by atoms with Crippen LogP contribution >= 0.6 is 27.3 Å². The van der Waals surface area contributed by atoms with Crippen molar-refractivity contribution in [2.24, 2.45) is 11.7 Å². The first-order chi connectivity index (χ1) is 6.31. The molecule has 2 N–H and O–H groups in total. The number of nitrogens with two attached hydrogens (primary N) is 1. The lowest BCUT2D eigenvalue weighted by Gasteiger charge is -2.32. The summed E-state index contributed by atoms with van der Waals surface area (Å²) in [6.45, 7) is 0.799. The third kappa shape index (κ3) is 1.97. The van der Waals surface area contributed by atoms with Gasteiger partial charge in [0.15, 0.2) is 0 Å². The quantitative estimate of drug-likeness (QED) is 0.886. The van der Waals surface area contributed by atoms with Crippen molar-refractivity contribution in [1.29, 1.82) is 0 Å². The van der Waals surface area contributed by atoms with Gasteiger partial charge in [-0.15, -0.1) is 11.3 Å². The van der Waals surface area contributed by atoms with E-state index in [4.69, 9.17) is 5.73 Å². The fourth-order valence-corrected chi connectivity index (χ4v) is 3.20. The molecule has 13 heavy (non-hydrogen) atoms. The predicted molar refractivity (Wildman–Crippen MR) is 61.2 cm³/mol. The van der Waals surface area contributed by atoms with E-state index in [0.29, 0.717) is 5.92 Å². The standard InChI is InChI=1S/C10H14BrNS/c11-10-4-8(6-13-10)9(5-12)7-2-1-3-7/h4,6-7,9H,1-3,5,12H2. The SMILES string of the molecule is NCC(c1csc(Br)c1)C1CCC1. The summed E-state index contributed by atoms with van der Waals surface area (Å²) in [5.41, 5.74) is 7.25. The molecule has 0 bridgehead atoms. The summed E-state index contributed by atoms with van der Waals surface area (Å²) < 4.78 is 1.22. The van der Waals surface area contributed by atoms with Gasteiger partial charge in [0.1, 0.15) is 0 Å². The Bertz CT molecular complexity index is 280. The van der Waals surface area contributed by atoms with Gasteiger partial charge in [0.05, 0.1) is 3.79 Å². The molecule has 1 aromatic heterocycles. The summed E-state index contributed by atoms with van der Waals surface area (Å²) in [6.07, 6.45) is 4.14. The molecule has 1 aliphatic carbocycles. The Labute approximate surface area is 91.5 Å². The number of rotatable bonds is 3. The van der Waals surface area contributed by atoms with E-state index in [1.807, 2.05) is 0 Å². The summed E-state index contributed by atoms with van der Waals surface area (Å²) in [7, 11) is 0. The first kappa shape index (κ1) is 9.69. The molecule has 1 unspecified atom stereocenters. The molecule has 0 aliphatic heterocycles. The van der Waals surface area contributed by atoms with Crippen molar-refractivity contribution in [3.63, 3.8) is 0 Å². The fraction of sp³-hybridized carbons (Fsp3) is 0.600. The monoisotopic (exact) mass is 259 g/mol. The van der Waals surface area contributed by atoms with Crippen molar-refractivity contribution in [2.45, 2.75) is 25.2 Å². The molecule has 0 saturated heterocycles. The minimum atomic E-state index is 0.608. The molecule has 1 aliphatic rings. The van der Waals surface area contributed by atoms with Crippen LogP contribution in [0, 0.1) is 5.92 Å². The molecule has 1 heterocycles. The molecule has 1 atom stereocenters. The van der Waals surface area contributed by atoms with E-state index in [1.54, 1.807) is 11.3 Å². The Kier molecular flexibility index (Phi) is 3.06. The molecule has 72 valence electrons. The molecule has 2 rings (SSSR count). The molecule has 0 spiro atoms. The smallest absolute Gasteiger partial charge is 0.0701 e. The Hall–Kier alpha value is 0.140. The maximum absolute atomic E-state index is 5.81. The van der Waals surface area contributed by atoms with Gasteiger partial charge in [-0.25, -0.2) is 0 Å². The van der Waals surface area contributed by atoms with E-state index in [0.717, 1.165) is 12.5 Å². The van der Waals surface area contributed by atoms with Crippen LogP contribution in [0.3, 0.4) is 0 Å². The van der Waals surface area contributed by atoms with E-state index >= 15 is 0 Å². The highest BCUT2D eigenvalue weighted by Gasteiger charge is 2.27. The molecule has 3 heteroatoms. The highest BCUT2D eigenvalue weighted by atomic mass is 79.9. The molecule has 0 amide bonds. The van der Waals surface area contributed by atoms with Gasteiger partial charge in [-0.1, -0.05) is 6.42 Å². The average Bonchev–Trinajstić information content (AvgIpc) is 2.43. The Morgan fingerprint density at radius 3 is 2.77 bits per heavy atom. The zero-order valence-electron chi connectivity index (χ0n) is 7.50. The van der Waals surface area contributed by atoms with Crippen LogP contribution in [0.5, 0.6) is 0 Å². The van der Waals surface area contributed by atoms with Crippen molar-refractivity contribution in [3.05, 3.63) is 20.8 Å². The van der Waals surface area contributed by atoms with Crippen molar-refractivity contribution in [2.75, 3.05) is 6.54 Å². The van der Waals surface area contributed by atoms with Gasteiger partial charge < -0.3 is 5.73 Å². The number of hydrogen-bond donors (Lipinski definition) is 1. The van der Waals surface area contributed by atoms with Crippen LogP contribution in [0.2, 0.25) is 0 Å². The van der Waals surface area contributed by atoms with Gasteiger partial charge in [0.25, 0.3) is 0 Å². The second-order valence-corrected chi connectivity index (χ2v) is 6.01. The lowest BCUT2D eigenvalue weighted by molar-refractivity contribution is 0.264. The zero-order valence-corrected chi connectivity index (χ0v) is 9.90. The van der Waals surface area contributed by atoms with Gasteiger partial charge in [0.2, 0.25) is 0 Å². The van der Waals surface area contributed by atoms with Crippen LogP contribution in [-0.2, 0) is 0 Å². The Morgan fingerprint density at radius 2 is 2.38 bits per heavy atom. The molecular formula is C10H14BrNS. The van der Waals surface area contributed by atoms with E-state index in [1.165, 1.54) is 28.6 Å². The fourth-order valence-electron chi connectivity index (χ4n) is 1.96. The minimum absolute atomic E-state index is 0.608. The average molecular weight is 260 g/mol. The molecule has 0 radical (unpaired) electrons. The van der Waals surface area contributed by atoms with E-state index in [-0.39, 0.29) is 0 Å². The maximum atomic E-state index is 5.81. The molecule has 1 aromatic rings. The summed E-state index contributed by atoms with van der Waals surface area (Å²) in [4.78, 5) is 0. The molecule has 0 aromatic carbocycles. The van der Waals surface area contributed by atoms with Crippen LogP contribution < -0.4 is 5.73 Å². The van der Waals surface area contributed by atoms with Crippen LogP contribution in [0.4, 0.5) is 0 Å². The number of halogens is 1. The minimum Gasteiger partial charge on any atom is -0.330 e. The van der Waals surface area contributed by atoms with E-state index in [2.05, 4.69) is 27.4 Å². The lowest BCUT2D eigenvalue weighted by Crippen LogP contribution is -2.26. The largest absolute Gasteiger partial charge is 0.330 e. The highest BCUT2D eigenvalue weighted by molar-refractivity contribution is 9.11. The third-order valence-electron chi connectivity index (χ3n) is 2.99. The van der Waals surface area contributed by atoms with Crippen LogP contribution in [0.1, 0.15) is 30.7 Å². The third-order valence-corrected chi connectivity index (χ3v) is 4.51. The Morgan fingerprint density at radius 1 is 1.62 bits per heavy atom. The normalized spacial score (nSPS) is 19.8. The maximum Gasteiger partial charge on any atom is 0.0701 e. The summed E-state index contributed by atoms with van der Waals surface area (Å²) >= 11 is 5.26. The number of thiophene rings is 1. The molecule has 1 saturated carbocycles. The number of hydrogen-bond acceptors (Lipinski definition) is 2. The summed E-state index contributed by atoms with van der Waals surface area (Å²) in [6, 6.07) is 2.22. The second kappa shape index (κ2) is 4.11. The van der Waals surface area contributed by atoms with E-state index in [9.17, 15) is 0 Å². The summed E-state index contributed by atoms with van der Waals surface area (Å²) in [5, 5.41) is 2.24. The first-order valence-electron chi connectivity index (χ1n) is 4.75. The summed E-state index contributed by atoms with van der Waals surface area (Å²) in [5.74, 6) is 1.46. The van der Waals surface area contributed by atoms with Gasteiger partial charge in [0, 0.05) is 0 Å². The first-order valence-corrected chi connectivity index (χ1v) is 6.42. The van der Waals surface area contributed by atoms with Crippen molar-refractivity contribution in [3.8, 4) is 0 Å². The second-order valence-electron chi connectivity index (χ2n) is 3.72. The van der Waals surface area contributed by atoms with Crippen LogP contribution in [0.15, 0.2) is 15.2 Å². The van der Waals surface area contributed by atoms with Crippen LogP contribution in [-0.4, -0.2) is 6.54 Å². The van der Waals surface area contributed by atoms with Crippen LogP contribution in [0.25, 0.3) is 0 Å². The van der Waals surface area contributed by atoms with Crippen molar-refractivity contribution >= 4 is 27.3 Å². The Balaban J connectivity index is 2.11. The predicted octanol–water partition coefficient (Wildman–Crippen LogP) is 3.35. The molecular weight excluding hydrogens is 246 g/mol. The van der Waals surface area contributed by atoms with E-state index < -0.39 is 0 Å². The topological polar surface area (TPSA) is 26.0 Å². The van der Waals surface area contributed by atoms with Gasteiger partial charge in [-0.05, 0) is 64.2 Å². The van der Waals surface area contributed by atoms with Crippen molar-refractivity contribution in [1.82, 2.24) is 0 Å². The highest BCUT2D eigenvalue weighted by Crippen LogP contribution is 2.40. The molecule has 1 nitrogen and oxygen atoms in total. The zero-order chi connectivity index (χ0) is 9.26. The van der Waals surface area contributed by atoms with Gasteiger partial charge in [-0.2, -0.15) is 0 Å². The molecule has 1 fully saturated rings. The van der Waals surface area contributed by atoms with Crippen molar-refractivity contribution < 1.29 is 0 Å². The van der Waals surface area contributed by atoms with Gasteiger partial charge >= 0.3 is 0 Å². The lowest BCUT2D eigenvalue weighted by atomic mass is 9.74.